The van der Waals surface area contributed by atoms with Crippen LogP contribution in [0.15, 0.2) is 35.5 Å². The van der Waals surface area contributed by atoms with E-state index in [2.05, 4.69) is 4.99 Å². The molecule has 0 spiro atoms. The van der Waals surface area contributed by atoms with Crippen LogP contribution >= 0.6 is 0 Å². The van der Waals surface area contributed by atoms with Crippen molar-refractivity contribution >= 4 is 17.9 Å². The van der Waals surface area contributed by atoms with Crippen LogP contribution in [0.2, 0.25) is 0 Å². The van der Waals surface area contributed by atoms with Crippen LogP contribution in [-0.2, 0) is 0 Å². The van der Waals surface area contributed by atoms with Crippen molar-refractivity contribution in [2.45, 2.75) is 12.5 Å². The number of benzene rings is 1. The molecule has 0 aliphatic heterocycles. The summed E-state index contributed by atoms with van der Waals surface area (Å²) in [6.07, 6.45) is 4.70. The van der Waals surface area contributed by atoms with Gasteiger partial charge in [0.1, 0.15) is 12.2 Å². The third kappa shape index (κ3) is 3.33. The molecule has 9 N–H and O–H groups in total. The third-order valence-electron chi connectivity index (χ3n) is 2.51. The zero-order chi connectivity index (χ0) is 13.5. The predicted molar refractivity (Wildman–Crippen MR) is 75.2 cm³/mol. The van der Waals surface area contributed by atoms with Crippen molar-refractivity contribution in [3.05, 3.63) is 41.6 Å². The van der Waals surface area contributed by atoms with Crippen molar-refractivity contribution < 1.29 is 0 Å². The molecule has 1 atom stereocenters. The van der Waals surface area contributed by atoms with Gasteiger partial charge in [-0.2, -0.15) is 0 Å². The van der Waals surface area contributed by atoms with Crippen LogP contribution in [0.1, 0.15) is 23.6 Å². The van der Waals surface area contributed by atoms with Crippen LogP contribution in [0, 0.1) is 5.41 Å². The van der Waals surface area contributed by atoms with E-state index in [1.54, 1.807) is 24.3 Å². The summed E-state index contributed by atoms with van der Waals surface area (Å²) in [4.78, 5) is 3.71. The van der Waals surface area contributed by atoms with E-state index in [1.165, 1.54) is 6.20 Å². The van der Waals surface area contributed by atoms with Gasteiger partial charge in [-0.1, -0.05) is 6.08 Å². The SMILES string of the molecule is N=CN=C(N)c1ccc(N)c(C(N)C/C=C/N)c1. The second-order valence-corrected chi connectivity index (χ2v) is 3.76. The number of anilines is 1. The first-order valence-corrected chi connectivity index (χ1v) is 5.44. The van der Waals surface area contributed by atoms with Gasteiger partial charge in [0.25, 0.3) is 0 Å². The first-order chi connectivity index (χ1) is 8.60. The van der Waals surface area contributed by atoms with E-state index >= 15 is 0 Å². The van der Waals surface area contributed by atoms with Gasteiger partial charge in [0.15, 0.2) is 0 Å². The molecule has 1 unspecified atom stereocenters. The van der Waals surface area contributed by atoms with Crippen LogP contribution < -0.4 is 22.9 Å². The highest BCUT2D eigenvalue weighted by Crippen LogP contribution is 2.22. The van der Waals surface area contributed by atoms with Crippen LogP contribution in [-0.4, -0.2) is 12.2 Å². The number of amidine groups is 1. The Morgan fingerprint density at radius 1 is 1.44 bits per heavy atom. The summed E-state index contributed by atoms with van der Waals surface area (Å²) in [7, 11) is 0. The minimum Gasteiger partial charge on any atom is -0.405 e. The van der Waals surface area contributed by atoms with E-state index in [0.717, 1.165) is 11.9 Å². The maximum atomic E-state index is 6.89. The Morgan fingerprint density at radius 3 is 2.78 bits per heavy atom. The van der Waals surface area contributed by atoms with Crippen LogP contribution in [0.3, 0.4) is 0 Å². The van der Waals surface area contributed by atoms with Crippen molar-refractivity contribution in [1.29, 1.82) is 5.41 Å². The van der Waals surface area contributed by atoms with E-state index < -0.39 is 0 Å². The number of nitrogen functional groups attached to an aromatic ring is 1. The fourth-order valence-corrected chi connectivity index (χ4v) is 1.55. The zero-order valence-electron chi connectivity index (χ0n) is 10.0. The molecule has 0 radical (unpaired) electrons. The van der Waals surface area contributed by atoms with Gasteiger partial charge < -0.3 is 22.9 Å². The Morgan fingerprint density at radius 2 is 2.17 bits per heavy atom. The lowest BCUT2D eigenvalue weighted by atomic mass is 9.99. The summed E-state index contributed by atoms with van der Waals surface area (Å²) >= 11 is 0. The average Bonchev–Trinajstić information content (AvgIpc) is 2.36. The monoisotopic (exact) mass is 246 g/mol. The molecule has 0 heterocycles. The van der Waals surface area contributed by atoms with Gasteiger partial charge in [-0.3, -0.25) is 5.41 Å². The molecule has 0 saturated carbocycles. The number of nitrogens with one attached hydrogen (secondary N) is 1. The standard InChI is InChI=1S/C12H18N6/c13-5-1-2-10(15)9-6-8(3-4-11(9)16)12(17)18-7-14/h1,3-7,10H,2,13,15-16H2,(H3,14,17,18)/b5-1+. The number of aliphatic imine (C=N–C) groups is 1. The molecular weight excluding hydrogens is 228 g/mol. The topological polar surface area (TPSA) is 140 Å². The molecule has 18 heavy (non-hydrogen) atoms. The Hall–Kier alpha value is -2.34. The molecule has 1 aromatic rings. The minimum absolute atomic E-state index is 0.252. The lowest BCUT2D eigenvalue weighted by molar-refractivity contribution is 0.742. The van der Waals surface area contributed by atoms with Gasteiger partial charge in [0.05, 0.1) is 0 Å². The summed E-state index contributed by atoms with van der Waals surface area (Å²) < 4.78 is 0. The zero-order valence-corrected chi connectivity index (χ0v) is 10.0. The van der Waals surface area contributed by atoms with E-state index in [9.17, 15) is 0 Å². The largest absolute Gasteiger partial charge is 0.405 e. The quantitative estimate of drug-likeness (QED) is 0.292. The van der Waals surface area contributed by atoms with Crippen LogP contribution in [0.5, 0.6) is 0 Å². The van der Waals surface area contributed by atoms with E-state index in [-0.39, 0.29) is 11.9 Å². The van der Waals surface area contributed by atoms with Crippen molar-refractivity contribution in [2.75, 3.05) is 5.73 Å². The summed E-state index contributed by atoms with van der Waals surface area (Å²) in [6, 6.07) is 5.00. The lowest BCUT2D eigenvalue weighted by Crippen LogP contribution is -2.17. The number of hydrogen-bond donors (Lipinski definition) is 5. The fraction of sp³-hybridized carbons (Fsp3) is 0.167. The highest BCUT2D eigenvalue weighted by atomic mass is 14.9. The third-order valence-corrected chi connectivity index (χ3v) is 2.51. The van der Waals surface area contributed by atoms with Gasteiger partial charge in [-0.15, -0.1) is 0 Å². The number of hydrogen-bond acceptors (Lipinski definition) is 4. The Bertz CT molecular complexity index is 477. The van der Waals surface area contributed by atoms with E-state index in [1.807, 2.05) is 0 Å². The molecule has 0 aliphatic rings. The highest BCUT2D eigenvalue weighted by molar-refractivity contribution is 6.01. The van der Waals surface area contributed by atoms with Gasteiger partial charge in [-0.05, 0) is 36.4 Å². The van der Waals surface area contributed by atoms with E-state index in [4.69, 9.17) is 28.3 Å². The first-order valence-electron chi connectivity index (χ1n) is 5.44. The van der Waals surface area contributed by atoms with Crippen molar-refractivity contribution in [2.24, 2.45) is 22.2 Å². The fourth-order valence-electron chi connectivity index (χ4n) is 1.55. The molecule has 0 fully saturated rings. The smallest absolute Gasteiger partial charge is 0.132 e. The minimum atomic E-state index is -0.252. The number of nitrogens with zero attached hydrogens (tertiary/aromatic N) is 1. The number of rotatable bonds is 5. The predicted octanol–water partition coefficient (Wildman–Crippen LogP) is 0.443. The van der Waals surface area contributed by atoms with Gasteiger partial charge in [-0.25, -0.2) is 4.99 Å². The molecule has 0 saturated heterocycles. The molecule has 6 nitrogen and oxygen atoms in total. The molecule has 96 valence electrons. The molecular formula is C12H18N6. The summed E-state index contributed by atoms with van der Waals surface area (Å²) in [6.45, 7) is 0. The van der Waals surface area contributed by atoms with Gasteiger partial charge in [0, 0.05) is 17.3 Å². The molecule has 6 heteroatoms. The maximum absolute atomic E-state index is 6.89. The molecule has 0 bridgehead atoms. The van der Waals surface area contributed by atoms with Gasteiger partial charge >= 0.3 is 0 Å². The molecule has 0 aliphatic carbocycles. The second-order valence-electron chi connectivity index (χ2n) is 3.76. The summed E-state index contributed by atoms with van der Waals surface area (Å²) in [5.74, 6) is 0.257. The van der Waals surface area contributed by atoms with Crippen LogP contribution in [0.4, 0.5) is 5.69 Å². The van der Waals surface area contributed by atoms with Crippen molar-refractivity contribution in [3.8, 4) is 0 Å². The van der Waals surface area contributed by atoms with Crippen molar-refractivity contribution in [3.63, 3.8) is 0 Å². The maximum Gasteiger partial charge on any atom is 0.132 e. The molecule has 1 aromatic carbocycles. The average molecular weight is 246 g/mol. The Labute approximate surface area is 106 Å². The first kappa shape index (κ1) is 13.7. The Balaban J connectivity index is 3.08. The summed E-state index contributed by atoms with van der Waals surface area (Å²) in [5, 5.41) is 6.89. The van der Waals surface area contributed by atoms with Crippen molar-refractivity contribution in [1.82, 2.24) is 0 Å². The number of nitrogens with two attached hydrogens (primary N) is 4. The Kier molecular flexibility index (Phi) is 4.89. The van der Waals surface area contributed by atoms with E-state index in [0.29, 0.717) is 17.7 Å². The lowest BCUT2D eigenvalue weighted by Gasteiger charge is -2.14. The highest BCUT2D eigenvalue weighted by Gasteiger charge is 2.10. The summed E-state index contributed by atoms with van der Waals surface area (Å²) in [5.41, 5.74) is 24.9. The molecule has 0 aromatic heterocycles. The molecule has 0 amide bonds. The molecule has 1 rings (SSSR count). The normalized spacial score (nSPS) is 13.7. The second kappa shape index (κ2) is 6.41. The van der Waals surface area contributed by atoms with Gasteiger partial charge in [0.2, 0.25) is 0 Å². The van der Waals surface area contributed by atoms with Crippen LogP contribution in [0.25, 0.3) is 0 Å².